The molecular weight excluding hydrogens is 502 g/mol. The first kappa shape index (κ1) is 29.5. The van der Waals surface area contributed by atoms with Crippen LogP contribution in [-0.4, -0.2) is 57.1 Å². The van der Waals surface area contributed by atoms with Crippen molar-refractivity contribution in [2.24, 2.45) is 0 Å². The maximum atomic E-state index is 13.5. The number of carbonyl (C=O) groups is 2. The number of benzene rings is 2. The molecule has 1 saturated carbocycles. The van der Waals surface area contributed by atoms with Gasteiger partial charge in [-0.15, -0.1) is 0 Å². The number of methoxy groups -OCH3 is 1. The van der Waals surface area contributed by atoms with Crippen LogP contribution in [-0.2, 0) is 26.2 Å². The fourth-order valence-electron chi connectivity index (χ4n) is 4.94. The van der Waals surface area contributed by atoms with Gasteiger partial charge in [-0.25, -0.2) is 8.42 Å². The number of anilines is 1. The van der Waals surface area contributed by atoms with Crippen molar-refractivity contribution < 1.29 is 22.7 Å². The topological polar surface area (TPSA) is 96.0 Å². The van der Waals surface area contributed by atoms with Crippen LogP contribution in [0.2, 0.25) is 0 Å². The number of rotatable bonds is 12. The number of hydrogen-bond donors (Lipinski definition) is 1. The van der Waals surface area contributed by atoms with Crippen molar-refractivity contribution >= 4 is 27.5 Å². The highest BCUT2D eigenvalue weighted by Gasteiger charge is 2.29. The number of hydrogen-bond acceptors (Lipinski definition) is 5. The van der Waals surface area contributed by atoms with Crippen molar-refractivity contribution in [2.45, 2.75) is 77.4 Å². The van der Waals surface area contributed by atoms with E-state index in [4.69, 9.17) is 4.74 Å². The lowest BCUT2D eigenvalue weighted by Crippen LogP contribution is -2.50. The molecule has 0 heterocycles. The lowest BCUT2D eigenvalue weighted by Gasteiger charge is -2.32. The zero-order valence-corrected chi connectivity index (χ0v) is 23.8. The van der Waals surface area contributed by atoms with Crippen LogP contribution in [0.3, 0.4) is 0 Å². The second-order valence-corrected chi connectivity index (χ2v) is 12.0. The summed E-state index contributed by atoms with van der Waals surface area (Å²) in [5.74, 6) is 0.108. The predicted molar refractivity (Wildman–Crippen MR) is 151 cm³/mol. The molecule has 2 amide bonds. The van der Waals surface area contributed by atoms with E-state index in [2.05, 4.69) is 5.32 Å². The maximum absolute atomic E-state index is 13.5. The summed E-state index contributed by atoms with van der Waals surface area (Å²) in [4.78, 5) is 28.4. The van der Waals surface area contributed by atoms with Crippen molar-refractivity contribution in [3.63, 3.8) is 0 Å². The Morgan fingerprint density at radius 3 is 2.37 bits per heavy atom. The zero-order valence-electron chi connectivity index (χ0n) is 23.0. The largest absolute Gasteiger partial charge is 0.495 e. The number of amides is 2. The van der Waals surface area contributed by atoms with Gasteiger partial charge in [-0.2, -0.15) is 0 Å². The summed E-state index contributed by atoms with van der Waals surface area (Å²) in [5.41, 5.74) is 2.46. The molecule has 1 aliphatic rings. The van der Waals surface area contributed by atoms with Crippen LogP contribution in [0.15, 0.2) is 48.5 Å². The van der Waals surface area contributed by atoms with Crippen molar-refractivity contribution in [1.82, 2.24) is 10.2 Å². The van der Waals surface area contributed by atoms with Gasteiger partial charge >= 0.3 is 0 Å². The van der Waals surface area contributed by atoms with Crippen LogP contribution >= 0.6 is 0 Å². The smallest absolute Gasteiger partial charge is 0.242 e. The van der Waals surface area contributed by atoms with E-state index in [0.717, 1.165) is 43.1 Å². The van der Waals surface area contributed by atoms with Crippen LogP contribution in [0.1, 0.15) is 63.0 Å². The monoisotopic (exact) mass is 543 g/mol. The highest BCUT2D eigenvalue weighted by atomic mass is 32.2. The molecule has 3 rings (SSSR count). The molecule has 1 aliphatic carbocycles. The molecule has 0 aliphatic heterocycles. The van der Waals surface area contributed by atoms with Crippen LogP contribution < -0.4 is 14.4 Å². The van der Waals surface area contributed by atoms with Gasteiger partial charge in [0.25, 0.3) is 0 Å². The Balaban J connectivity index is 1.74. The Kier molecular flexibility index (Phi) is 10.6. The van der Waals surface area contributed by atoms with Gasteiger partial charge < -0.3 is 15.0 Å². The summed E-state index contributed by atoms with van der Waals surface area (Å²) in [6, 6.07) is 14.2. The minimum absolute atomic E-state index is 0.105. The van der Waals surface area contributed by atoms with Gasteiger partial charge in [0.1, 0.15) is 11.8 Å². The molecule has 0 unspecified atom stereocenters. The van der Waals surface area contributed by atoms with E-state index in [9.17, 15) is 18.0 Å². The average Bonchev–Trinajstić information content (AvgIpc) is 2.90. The molecule has 1 N–H and O–H groups in total. The molecule has 2 aromatic carbocycles. The van der Waals surface area contributed by atoms with Crippen molar-refractivity contribution in [2.75, 3.05) is 24.2 Å². The highest BCUT2D eigenvalue weighted by Crippen LogP contribution is 2.30. The Hall–Kier alpha value is -3.07. The number of para-hydroxylation sites is 2. The van der Waals surface area contributed by atoms with E-state index in [1.165, 1.54) is 17.8 Å². The molecule has 38 heavy (non-hydrogen) atoms. The first-order chi connectivity index (χ1) is 18.1. The second-order valence-electron chi connectivity index (χ2n) is 10.1. The molecule has 9 heteroatoms. The molecule has 8 nitrogen and oxygen atoms in total. The van der Waals surface area contributed by atoms with Gasteiger partial charge in [-0.1, -0.05) is 55.7 Å². The third kappa shape index (κ3) is 7.96. The summed E-state index contributed by atoms with van der Waals surface area (Å²) in [6.45, 7) is 4.19. The Morgan fingerprint density at radius 1 is 1.05 bits per heavy atom. The molecular formula is C29H41N3O5S. The fraction of sp³-hybridized carbons (Fsp3) is 0.517. The minimum Gasteiger partial charge on any atom is -0.495 e. The third-order valence-corrected chi connectivity index (χ3v) is 8.41. The first-order valence-corrected chi connectivity index (χ1v) is 15.2. The number of carbonyl (C=O) groups excluding carboxylic acids is 2. The van der Waals surface area contributed by atoms with E-state index in [1.54, 1.807) is 36.1 Å². The van der Waals surface area contributed by atoms with E-state index < -0.39 is 16.1 Å². The molecule has 0 radical (unpaired) electrons. The summed E-state index contributed by atoms with van der Waals surface area (Å²) >= 11 is 0. The average molecular weight is 544 g/mol. The summed E-state index contributed by atoms with van der Waals surface area (Å²) in [6.07, 6.45) is 6.88. The molecule has 1 atom stereocenters. The molecule has 0 saturated heterocycles. The number of nitrogens with one attached hydrogen (secondary N) is 1. The van der Waals surface area contributed by atoms with Crippen LogP contribution in [0.5, 0.6) is 5.75 Å². The Labute approximate surface area is 227 Å². The van der Waals surface area contributed by atoms with Crippen LogP contribution in [0.25, 0.3) is 0 Å². The van der Waals surface area contributed by atoms with Crippen LogP contribution in [0, 0.1) is 6.92 Å². The zero-order chi connectivity index (χ0) is 27.7. The van der Waals surface area contributed by atoms with Gasteiger partial charge in [-0.3, -0.25) is 13.9 Å². The SMILES string of the molecule is COc1ccccc1N(CCCC(=O)N(Cc1ccccc1C)[C@@H](C)C(=O)NC1CCCCC1)S(C)(=O)=O. The predicted octanol–water partition coefficient (Wildman–Crippen LogP) is 4.42. The lowest BCUT2D eigenvalue weighted by atomic mass is 9.95. The van der Waals surface area contributed by atoms with E-state index in [0.29, 0.717) is 24.4 Å². The number of ether oxygens (including phenoxy) is 1. The standard InChI is InChI=1S/C29H41N3O5S/c1-22-13-8-9-14-24(22)21-31(23(2)29(34)30-25-15-6-5-7-16-25)28(33)19-12-20-32(38(4,35)36)26-17-10-11-18-27(26)37-3/h8-11,13-14,17-18,23,25H,5-7,12,15-16,19-21H2,1-4H3,(H,30,34)/t23-/m0/s1. The molecule has 0 aromatic heterocycles. The quantitative estimate of drug-likeness (QED) is 0.428. The van der Waals surface area contributed by atoms with E-state index in [1.807, 2.05) is 31.2 Å². The summed E-state index contributed by atoms with van der Waals surface area (Å²) < 4.78 is 31.8. The van der Waals surface area contributed by atoms with Gasteiger partial charge in [0.15, 0.2) is 0 Å². The van der Waals surface area contributed by atoms with Gasteiger partial charge in [0.2, 0.25) is 21.8 Å². The molecule has 1 fully saturated rings. The lowest BCUT2D eigenvalue weighted by molar-refractivity contribution is -0.141. The second kappa shape index (κ2) is 13.6. The Morgan fingerprint density at radius 2 is 1.71 bits per heavy atom. The van der Waals surface area contributed by atoms with Gasteiger partial charge in [0.05, 0.1) is 19.1 Å². The molecule has 2 aromatic rings. The highest BCUT2D eigenvalue weighted by molar-refractivity contribution is 7.92. The summed E-state index contributed by atoms with van der Waals surface area (Å²) in [7, 11) is -2.11. The van der Waals surface area contributed by atoms with E-state index >= 15 is 0 Å². The molecule has 0 bridgehead atoms. The van der Waals surface area contributed by atoms with Gasteiger partial charge in [0, 0.05) is 25.6 Å². The number of sulfonamides is 1. The molecule has 0 spiro atoms. The van der Waals surface area contributed by atoms with Crippen molar-refractivity contribution in [3.05, 3.63) is 59.7 Å². The molecule has 208 valence electrons. The van der Waals surface area contributed by atoms with Crippen molar-refractivity contribution in [1.29, 1.82) is 0 Å². The fourth-order valence-corrected chi connectivity index (χ4v) is 5.91. The number of aryl methyl sites for hydroxylation is 1. The minimum atomic E-state index is -3.60. The van der Waals surface area contributed by atoms with Crippen molar-refractivity contribution in [3.8, 4) is 5.75 Å². The summed E-state index contributed by atoms with van der Waals surface area (Å²) in [5, 5.41) is 3.15. The normalized spacial score (nSPS) is 14.9. The first-order valence-electron chi connectivity index (χ1n) is 13.4. The number of nitrogens with zero attached hydrogens (tertiary/aromatic N) is 2. The van der Waals surface area contributed by atoms with Crippen LogP contribution in [0.4, 0.5) is 5.69 Å². The maximum Gasteiger partial charge on any atom is 0.242 e. The van der Waals surface area contributed by atoms with Gasteiger partial charge in [-0.05, 0) is 56.4 Å². The Bertz CT molecular complexity index is 1190. The van der Waals surface area contributed by atoms with E-state index in [-0.39, 0.29) is 30.8 Å². The third-order valence-electron chi connectivity index (χ3n) is 7.23.